The Hall–Kier alpha value is -2.44. The molecular formula is C24H31N3O3. The Labute approximate surface area is 178 Å². The molecule has 1 spiro atoms. The van der Waals surface area contributed by atoms with Gasteiger partial charge < -0.3 is 9.64 Å². The van der Waals surface area contributed by atoms with Gasteiger partial charge in [-0.15, -0.1) is 0 Å². The first-order chi connectivity index (χ1) is 14.5. The van der Waals surface area contributed by atoms with E-state index in [1.165, 1.54) is 4.90 Å². The molecule has 0 radical (unpaired) electrons. The van der Waals surface area contributed by atoms with Crippen molar-refractivity contribution in [2.75, 3.05) is 33.4 Å². The molecule has 2 heterocycles. The summed E-state index contributed by atoms with van der Waals surface area (Å²) >= 11 is 0. The molecule has 0 N–H and O–H groups in total. The van der Waals surface area contributed by atoms with Crippen molar-refractivity contribution in [1.29, 1.82) is 0 Å². The normalized spacial score (nSPS) is 20.5. The van der Waals surface area contributed by atoms with Crippen LogP contribution in [0.5, 0.6) is 0 Å². The predicted octanol–water partition coefficient (Wildman–Crippen LogP) is 3.49. The number of methoxy groups -OCH3 is 1. The van der Waals surface area contributed by atoms with Gasteiger partial charge in [-0.3, -0.25) is 14.6 Å². The lowest BCUT2D eigenvalue weighted by Gasteiger charge is -2.43. The topological polar surface area (TPSA) is 53.1 Å². The zero-order chi connectivity index (χ0) is 21.3. The molecule has 2 aliphatic heterocycles. The number of likely N-dealkylation sites (N-methyl/N-ethyl adjacent to an activating group) is 1. The van der Waals surface area contributed by atoms with Gasteiger partial charge >= 0.3 is 6.03 Å². The van der Waals surface area contributed by atoms with E-state index >= 15 is 0 Å². The van der Waals surface area contributed by atoms with E-state index < -0.39 is 5.54 Å². The van der Waals surface area contributed by atoms with E-state index in [9.17, 15) is 9.59 Å². The van der Waals surface area contributed by atoms with Crippen molar-refractivity contribution >= 4 is 22.7 Å². The fourth-order valence-corrected chi connectivity index (χ4v) is 5.13. The quantitative estimate of drug-likeness (QED) is 0.686. The molecule has 2 fully saturated rings. The van der Waals surface area contributed by atoms with E-state index in [4.69, 9.17) is 4.74 Å². The van der Waals surface area contributed by atoms with Crippen molar-refractivity contribution in [3.8, 4) is 0 Å². The number of benzene rings is 2. The number of hydrogen-bond donors (Lipinski definition) is 0. The van der Waals surface area contributed by atoms with Gasteiger partial charge in [-0.2, -0.15) is 0 Å². The number of urea groups is 1. The van der Waals surface area contributed by atoms with Crippen LogP contribution >= 0.6 is 0 Å². The third kappa shape index (κ3) is 3.38. The van der Waals surface area contributed by atoms with Crippen molar-refractivity contribution in [1.82, 2.24) is 14.7 Å². The van der Waals surface area contributed by atoms with Gasteiger partial charge in [0.2, 0.25) is 0 Å². The summed E-state index contributed by atoms with van der Waals surface area (Å²) in [6, 6.07) is 14.3. The largest absolute Gasteiger partial charge is 0.383 e. The van der Waals surface area contributed by atoms with Crippen molar-refractivity contribution < 1.29 is 14.3 Å². The van der Waals surface area contributed by atoms with Crippen LogP contribution in [0.15, 0.2) is 42.5 Å². The molecule has 30 heavy (non-hydrogen) atoms. The molecule has 6 nitrogen and oxygen atoms in total. The molecule has 2 aromatic carbocycles. The van der Waals surface area contributed by atoms with Gasteiger partial charge in [0.1, 0.15) is 5.54 Å². The fourth-order valence-electron chi connectivity index (χ4n) is 5.13. The summed E-state index contributed by atoms with van der Waals surface area (Å²) in [5.41, 5.74) is 0.300. The van der Waals surface area contributed by atoms with Crippen molar-refractivity contribution in [2.24, 2.45) is 0 Å². The van der Waals surface area contributed by atoms with Crippen LogP contribution in [0, 0.1) is 0 Å². The number of rotatable bonds is 6. The maximum atomic E-state index is 13.6. The third-order valence-corrected chi connectivity index (χ3v) is 6.80. The molecule has 4 rings (SSSR count). The van der Waals surface area contributed by atoms with Gasteiger partial charge in [0.15, 0.2) is 0 Å². The highest BCUT2D eigenvalue weighted by Gasteiger charge is 2.57. The van der Waals surface area contributed by atoms with Gasteiger partial charge in [0.05, 0.1) is 13.2 Å². The van der Waals surface area contributed by atoms with E-state index in [0.717, 1.165) is 29.4 Å². The van der Waals surface area contributed by atoms with Crippen molar-refractivity contribution in [2.45, 2.75) is 44.8 Å². The first kappa shape index (κ1) is 20.8. The van der Waals surface area contributed by atoms with Crippen LogP contribution in [0.25, 0.3) is 10.8 Å². The maximum absolute atomic E-state index is 13.6. The fraction of sp³-hybridized carbons (Fsp3) is 0.500. The first-order valence-corrected chi connectivity index (χ1v) is 10.8. The average molecular weight is 410 g/mol. The lowest BCUT2D eigenvalue weighted by Crippen LogP contribution is -2.58. The minimum atomic E-state index is -0.709. The van der Waals surface area contributed by atoms with Gasteiger partial charge in [0, 0.05) is 32.8 Å². The molecule has 0 aromatic heterocycles. The molecule has 0 aliphatic carbocycles. The van der Waals surface area contributed by atoms with Crippen LogP contribution in [0.3, 0.4) is 0 Å². The van der Waals surface area contributed by atoms with E-state index in [2.05, 4.69) is 30.0 Å². The Balaban J connectivity index is 1.58. The highest BCUT2D eigenvalue weighted by atomic mass is 16.5. The minimum absolute atomic E-state index is 0.0404. The molecule has 0 bridgehead atoms. The highest BCUT2D eigenvalue weighted by molar-refractivity contribution is 6.07. The number of imide groups is 1. The second-order valence-corrected chi connectivity index (χ2v) is 8.43. The summed E-state index contributed by atoms with van der Waals surface area (Å²) < 4.78 is 5.29. The molecule has 160 valence electrons. The van der Waals surface area contributed by atoms with E-state index in [1.807, 2.05) is 31.2 Å². The Morgan fingerprint density at radius 1 is 1.07 bits per heavy atom. The molecule has 2 saturated heterocycles. The number of hydrogen-bond acceptors (Lipinski definition) is 4. The van der Waals surface area contributed by atoms with E-state index in [-0.39, 0.29) is 11.9 Å². The smallest absolute Gasteiger partial charge is 0.327 e. The molecule has 1 atom stereocenters. The standard InChI is InChI=1S/C24H31N3O3/c1-4-27-23(29)26(16-20-10-7-9-19-8-5-6-11-21(19)20)22(28)24(27)12-14-25(15-13-24)18(2)17-30-3/h5-11,18H,4,12-17H2,1-3H3/t18-/m1/s1. The zero-order valence-electron chi connectivity index (χ0n) is 18.1. The number of carbonyl (C=O) groups excluding carboxylic acids is 2. The highest BCUT2D eigenvalue weighted by Crippen LogP contribution is 2.38. The average Bonchev–Trinajstić information content (AvgIpc) is 2.95. The van der Waals surface area contributed by atoms with Crippen molar-refractivity contribution in [3.63, 3.8) is 0 Å². The second kappa shape index (κ2) is 8.36. The Kier molecular flexibility index (Phi) is 5.80. The summed E-state index contributed by atoms with van der Waals surface area (Å²) in [4.78, 5) is 32.5. The number of ether oxygens (including phenoxy) is 1. The summed E-state index contributed by atoms with van der Waals surface area (Å²) in [7, 11) is 1.71. The molecule has 2 aliphatic rings. The van der Waals surface area contributed by atoms with E-state index in [1.54, 1.807) is 12.0 Å². The minimum Gasteiger partial charge on any atom is -0.383 e. The van der Waals surface area contributed by atoms with Crippen molar-refractivity contribution in [3.05, 3.63) is 48.0 Å². The van der Waals surface area contributed by atoms with Gasteiger partial charge in [-0.1, -0.05) is 42.5 Å². The predicted molar refractivity (Wildman–Crippen MR) is 117 cm³/mol. The summed E-state index contributed by atoms with van der Waals surface area (Å²) in [6.45, 7) is 7.24. The summed E-state index contributed by atoms with van der Waals surface area (Å²) in [5, 5.41) is 2.21. The third-order valence-electron chi connectivity index (χ3n) is 6.80. The van der Waals surface area contributed by atoms with Crippen LogP contribution in [-0.2, 0) is 16.1 Å². The molecule has 0 saturated carbocycles. The Morgan fingerprint density at radius 3 is 2.47 bits per heavy atom. The van der Waals surface area contributed by atoms with Gasteiger partial charge in [-0.05, 0) is 43.0 Å². The maximum Gasteiger partial charge on any atom is 0.327 e. The summed E-state index contributed by atoms with van der Waals surface area (Å²) in [6.07, 6.45) is 1.34. The van der Waals surface area contributed by atoms with E-state index in [0.29, 0.717) is 38.6 Å². The van der Waals surface area contributed by atoms with Crippen LogP contribution in [0.2, 0.25) is 0 Å². The SMILES string of the molecule is CCN1C(=O)N(Cc2cccc3ccccc23)C(=O)C12CCN([C@H](C)COC)CC2. The molecule has 0 unspecified atom stereocenters. The number of carbonyl (C=O) groups is 2. The second-order valence-electron chi connectivity index (χ2n) is 8.43. The van der Waals surface area contributed by atoms with Crippen LogP contribution in [0.4, 0.5) is 4.79 Å². The number of amides is 3. The van der Waals surface area contributed by atoms with Gasteiger partial charge in [-0.25, -0.2) is 4.79 Å². The first-order valence-electron chi connectivity index (χ1n) is 10.8. The number of nitrogens with zero attached hydrogens (tertiary/aromatic N) is 3. The zero-order valence-corrected chi connectivity index (χ0v) is 18.1. The lowest BCUT2D eigenvalue weighted by atomic mass is 9.85. The molecule has 6 heteroatoms. The molecule has 3 amide bonds. The number of likely N-dealkylation sites (tertiary alicyclic amines) is 1. The van der Waals surface area contributed by atoms with Crippen LogP contribution in [-0.4, -0.2) is 71.6 Å². The number of fused-ring (bicyclic) bond motifs is 1. The number of piperidine rings is 1. The monoisotopic (exact) mass is 409 g/mol. The molecular weight excluding hydrogens is 378 g/mol. The van der Waals surface area contributed by atoms with Crippen LogP contribution in [0.1, 0.15) is 32.3 Å². The summed E-state index contributed by atoms with van der Waals surface area (Å²) in [5.74, 6) is -0.0404. The van der Waals surface area contributed by atoms with Crippen LogP contribution < -0.4 is 0 Å². The Morgan fingerprint density at radius 2 is 1.77 bits per heavy atom. The molecule has 2 aromatic rings. The lowest BCUT2D eigenvalue weighted by molar-refractivity contribution is -0.136. The Bertz CT molecular complexity index is 931. The van der Waals surface area contributed by atoms with Gasteiger partial charge in [0.25, 0.3) is 5.91 Å².